The van der Waals surface area contributed by atoms with E-state index < -0.39 is 0 Å². The van der Waals surface area contributed by atoms with Crippen molar-refractivity contribution in [2.45, 2.75) is 19.8 Å². The molecule has 1 amide bonds. The molecule has 1 atom stereocenters. The number of rotatable bonds is 3. The van der Waals surface area contributed by atoms with E-state index in [1.54, 1.807) is 10.4 Å². The van der Waals surface area contributed by atoms with Crippen molar-refractivity contribution >= 4 is 34.4 Å². The van der Waals surface area contributed by atoms with Crippen molar-refractivity contribution in [3.63, 3.8) is 0 Å². The van der Waals surface area contributed by atoms with E-state index in [2.05, 4.69) is 4.98 Å². The first kappa shape index (κ1) is 14.4. The summed E-state index contributed by atoms with van der Waals surface area (Å²) in [5.74, 6) is 0.108. The van der Waals surface area contributed by atoms with Crippen LogP contribution in [0.3, 0.4) is 0 Å². The van der Waals surface area contributed by atoms with Gasteiger partial charge in [0.15, 0.2) is 5.78 Å². The second-order valence-electron chi connectivity index (χ2n) is 5.20. The van der Waals surface area contributed by atoms with E-state index >= 15 is 0 Å². The van der Waals surface area contributed by atoms with Gasteiger partial charge >= 0.3 is 0 Å². The molecule has 3 heterocycles. The maximum Gasteiger partial charge on any atom is 0.265 e. The lowest BCUT2D eigenvalue weighted by Gasteiger charge is -2.31. The third-order valence-corrected chi connectivity index (χ3v) is 5.58. The Morgan fingerprint density at radius 3 is 2.90 bits per heavy atom. The minimum atomic E-state index is -0.0745. The third-order valence-electron chi connectivity index (χ3n) is 3.78. The minimum absolute atomic E-state index is 0.0127. The Bertz CT molecular complexity index is 648. The first-order chi connectivity index (χ1) is 10.2. The molecule has 2 aromatic heterocycles. The maximum absolute atomic E-state index is 12.5. The van der Waals surface area contributed by atoms with Crippen LogP contribution in [0.15, 0.2) is 23.0 Å². The van der Waals surface area contributed by atoms with Gasteiger partial charge in [-0.2, -0.15) is 0 Å². The van der Waals surface area contributed by atoms with E-state index in [1.807, 2.05) is 24.4 Å². The highest BCUT2D eigenvalue weighted by Crippen LogP contribution is 2.25. The first-order valence-corrected chi connectivity index (χ1v) is 8.70. The SMILES string of the molecule is Cc1ncsc1C(=O)N1CCC[C@H](C(=O)c2cccs2)C1. The minimum Gasteiger partial charge on any atom is -0.337 e. The fraction of sp³-hybridized carbons (Fsp3) is 0.400. The molecule has 2 aromatic rings. The number of hydrogen-bond donors (Lipinski definition) is 0. The second-order valence-corrected chi connectivity index (χ2v) is 7.00. The van der Waals surface area contributed by atoms with Crippen molar-refractivity contribution in [2.24, 2.45) is 5.92 Å². The number of hydrogen-bond acceptors (Lipinski definition) is 5. The van der Waals surface area contributed by atoms with Crippen LogP contribution in [0.25, 0.3) is 0 Å². The zero-order valence-electron chi connectivity index (χ0n) is 11.7. The van der Waals surface area contributed by atoms with Crippen molar-refractivity contribution in [3.05, 3.63) is 38.5 Å². The molecule has 0 unspecified atom stereocenters. The third kappa shape index (κ3) is 2.91. The lowest BCUT2D eigenvalue weighted by atomic mass is 9.93. The van der Waals surface area contributed by atoms with Crippen LogP contribution in [0.1, 0.15) is 37.9 Å². The van der Waals surface area contributed by atoms with Gasteiger partial charge in [-0.1, -0.05) is 6.07 Å². The van der Waals surface area contributed by atoms with Gasteiger partial charge in [0, 0.05) is 19.0 Å². The van der Waals surface area contributed by atoms with Gasteiger partial charge in [0.25, 0.3) is 5.91 Å². The molecular weight excluding hydrogens is 304 g/mol. The number of carbonyl (C=O) groups excluding carboxylic acids is 2. The number of carbonyl (C=O) groups is 2. The Balaban J connectivity index is 1.73. The van der Waals surface area contributed by atoms with E-state index in [9.17, 15) is 9.59 Å². The number of thiazole rings is 1. The van der Waals surface area contributed by atoms with Crippen LogP contribution < -0.4 is 0 Å². The van der Waals surface area contributed by atoms with Gasteiger partial charge in [0.2, 0.25) is 0 Å². The number of nitrogens with zero attached hydrogens (tertiary/aromatic N) is 2. The fourth-order valence-corrected chi connectivity index (χ4v) is 4.16. The summed E-state index contributed by atoms with van der Waals surface area (Å²) < 4.78 is 0. The summed E-state index contributed by atoms with van der Waals surface area (Å²) in [5.41, 5.74) is 2.47. The van der Waals surface area contributed by atoms with Crippen LogP contribution in [-0.2, 0) is 0 Å². The highest BCUT2D eigenvalue weighted by molar-refractivity contribution is 7.12. The van der Waals surface area contributed by atoms with Crippen LogP contribution in [0.2, 0.25) is 0 Å². The number of piperidine rings is 1. The number of ketones is 1. The van der Waals surface area contributed by atoms with Gasteiger partial charge in [-0.15, -0.1) is 22.7 Å². The number of aromatic nitrogens is 1. The standard InChI is InChI=1S/C15H16N2O2S2/c1-10-14(21-9-16-10)15(19)17-6-2-4-11(8-17)13(18)12-5-3-7-20-12/h3,5,7,9,11H,2,4,6,8H2,1H3/t11-/m0/s1. The summed E-state index contributed by atoms with van der Waals surface area (Å²) in [7, 11) is 0. The predicted octanol–water partition coefficient (Wildman–Crippen LogP) is 3.25. The maximum atomic E-state index is 12.5. The summed E-state index contributed by atoms with van der Waals surface area (Å²) in [4.78, 5) is 32.4. The zero-order chi connectivity index (χ0) is 14.8. The lowest BCUT2D eigenvalue weighted by Crippen LogP contribution is -2.42. The molecule has 21 heavy (non-hydrogen) atoms. The van der Waals surface area contributed by atoms with Crippen LogP contribution in [0, 0.1) is 12.8 Å². The van der Waals surface area contributed by atoms with Crippen LogP contribution in [0.5, 0.6) is 0 Å². The molecule has 1 saturated heterocycles. The molecule has 0 saturated carbocycles. The largest absolute Gasteiger partial charge is 0.337 e. The Morgan fingerprint density at radius 2 is 2.24 bits per heavy atom. The van der Waals surface area contributed by atoms with E-state index in [-0.39, 0.29) is 17.6 Å². The van der Waals surface area contributed by atoms with Gasteiger partial charge in [-0.05, 0) is 31.2 Å². The Morgan fingerprint density at radius 1 is 1.38 bits per heavy atom. The summed E-state index contributed by atoms with van der Waals surface area (Å²) in [6, 6.07) is 3.76. The summed E-state index contributed by atoms with van der Waals surface area (Å²) in [6.07, 6.45) is 1.74. The van der Waals surface area contributed by atoms with Crippen LogP contribution in [-0.4, -0.2) is 34.7 Å². The summed E-state index contributed by atoms with van der Waals surface area (Å²) >= 11 is 2.85. The summed E-state index contributed by atoms with van der Waals surface area (Å²) in [6.45, 7) is 3.10. The molecule has 4 nitrogen and oxygen atoms in total. The van der Waals surface area contributed by atoms with Gasteiger partial charge < -0.3 is 4.90 Å². The molecular formula is C15H16N2O2S2. The quantitative estimate of drug-likeness (QED) is 0.816. The van der Waals surface area contributed by atoms with Gasteiger partial charge in [-0.25, -0.2) is 4.98 Å². The molecule has 0 spiro atoms. The van der Waals surface area contributed by atoms with E-state index in [1.165, 1.54) is 22.7 Å². The molecule has 0 aliphatic carbocycles. The number of thiophene rings is 1. The molecule has 0 bridgehead atoms. The number of likely N-dealkylation sites (tertiary alicyclic amines) is 1. The van der Waals surface area contributed by atoms with Gasteiger partial charge in [0.1, 0.15) is 4.88 Å². The van der Waals surface area contributed by atoms with Crippen molar-refractivity contribution in [1.29, 1.82) is 0 Å². The van der Waals surface area contributed by atoms with Crippen molar-refractivity contribution < 1.29 is 9.59 Å². The van der Waals surface area contributed by atoms with Crippen LogP contribution in [0.4, 0.5) is 0 Å². The normalized spacial score (nSPS) is 18.7. The monoisotopic (exact) mass is 320 g/mol. The highest BCUT2D eigenvalue weighted by atomic mass is 32.1. The van der Waals surface area contributed by atoms with Gasteiger partial charge in [0.05, 0.1) is 16.1 Å². The topological polar surface area (TPSA) is 50.3 Å². The fourth-order valence-electron chi connectivity index (χ4n) is 2.65. The van der Waals surface area contributed by atoms with Crippen LogP contribution >= 0.6 is 22.7 Å². The van der Waals surface area contributed by atoms with E-state index in [0.29, 0.717) is 11.4 Å². The molecule has 1 fully saturated rings. The zero-order valence-corrected chi connectivity index (χ0v) is 13.4. The molecule has 0 aromatic carbocycles. The van der Waals surface area contributed by atoms with Gasteiger partial charge in [-0.3, -0.25) is 9.59 Å². The summed E-state index contributed by atoms with van der Waals surface area (Å²) in [5, 5.41) is 1.92. The number of amides is 1. The highest BCUT2D eigenvalue weighted by Gasteiger charge is 2.30. The Kier molecular flexibility index (Phi) is 4.17. The second kappa shape index (κ2) is 6.07. The predicted molar refractivity (Wildman–Crippen MR) is 84.1 cm³/mol. The van der Waals surface area contributed by atoms with Crippen molar-refractivity contribution in [1.82, 2.24) is 9.88 Å². The molecule has 6 heteroatoms. The Hall–Kier alpha value is -1.53. The molecule has 3 rings (SSSR count). The molecule has 110 valence electrons. The van der Waals surface area contributed by atoms with E-state index in [0.717, 1.165) is 30.0 Å². The molecule has 1 aliphatic heterocycles. The number of aryl methyl sites for hydroxylation is 1. The number of Topliss-reactive ketones (excluding diaryl/α,β-unsaturated/α-hetero) is 1. The van der Waals surface area contributed by atoms with E-state index in [4.69, 9.17) is 0 Å². The first-order valence-electron chi connectivity index (χ1n) is 6.94. The molecule has 0 radical (unpaired) electrons. The average molecular weight is 320 g/mol. The Labute approximate surface area is 131 Å². The van der Waals surface area contributed by atoms with Crippen molar-refractivity contribution in [3.8, 4) is 0 Å². The smallest absolute Gasteiger partial charge is 0.265 e. The molecule has 1 aliphatic rings. The van der Waals surface area contributed by atoms with Crippen molar-refractivity contribution in [2.75, 3.05) is 13.1 Å². The lowest BCUT2D eigenvalue weighted by molar-refractivity contribution is 0.0641. The molecule has 0 N–H and O–H groups in total. The average Bonchev–Trinajstić information content (AvgIpc) is 3.17.